The minimum atomic E-state index is 0.167. The largest absolute Gasteiger partial charge is 0.323 e. The summed E-state index contributed by atoms with van der Waals surface area (Å²) in [4.78, 5) is 1.25. The topological polar surface area (TPSA) is 51.8 Å². The zero-order valence-corrected chi connectivity index (χ0v) is 12.4. The van der Waals surface area contributed by atoms with Crippen LogP contribution in [0, 0.1) is 11.8 Å². The fourth-order valence-electron chi connectivity index (χ4n) is 3.12. The van der Waals surface area contributed by atoms with Crippen molar-refractivity contribution in [3.05, 3.63) is 10.6 Å². The normalized spacial score (nSPS) is 26.2. The second-order valence-electron chi connectivity index (χ2n) is 5.56. The lowest BCUT2D eigenvalue weighted by Crippen LogP contribution is -2.27. The predicted molar refractivity (Wildman–Crippen MR) is 76.6 cm³/mol. The molecule has 1 fully saturated rings. The van der Waals surface area contributed by atoms with Gasteiger partial charge in [0.2, 0.25) is 0 Å². The van der Waals surface area contributed by atoms with Crippen LogP contribution in [0.15, 0.2) is 0 Å². The Morgan fingerprint density at radius 2 is 2.22 bits per heavy atom. The Kier molecular flexibility index (Phi) is 5.13. The molecule has 0 amide bonds. The van der Waals surface area contributed by atoms with E-state index in [-0.39, 0.29) is 6.04 Å². The Morgan fingerprint density at radius 1 is 1.39 bits per heavy atom. The molecule has 1 aromatic heterocycles. The van der Waals surface area contributed by atoms with Crippen LogP contribution in [0.4, 0.5) is 0 Å². The highest BCUT2D eigenvalue weighted by atomic mass is 32.1. The summed E-state index contributed by atoms with van der Waals surface area (Å²) in [6.07, 6.45) is 8.74. The lowest BCUT2D eigenvalue weighted by Gasteiger charge is -2.32. The van der Waals surface area contributed by atoms with Gasteiger partial charge in [0.25, 0.3) is 0 Å². The fraction of sp³-hybridized carbons (Fsp3) is 0.857. The zero-order valence-electron chi connectivity index (χ0n) is 11.6. The summed E-state index contributed by atoms with van der Waals surface area (Å²) >= 11 is 1.51. The highest BCUT2D eigenvalue weighted by molar-refractivity contribution is 7.05. The first-order valence-corrected chi connectivity index (χ1v) is 8.10. The van der Waals surface area contributed by atoms with Gasteiger partial charge in [0, 0.05) is 6.04 Å². The first-order valence-electron chi connectivity index (χ1n) is 7.32. The summed E-state index contributed by atoms with van der Waals surface area (Å²) in [6, 6.07) is 0.167. The van der Waals surface area contributed by atoms with Crippen LogP contribution in [-0.4, -0.2) is 9.59 Å². The number of aromatic nitrogens is 2. The van der Waals surface area contributed by atoms with Crippen molar-refractivity contribution in [3.63, 3.8) is 0 Å². The molecule has 0 aliphatic heterocycles. The van der Waals surface area contributed by atoms with E-state index < -0.39 is 0 Å². The van der Waals surface area contributed by atoms with E-state index in [1.165, 1.54) is 48.5 Å². The Labute approximate surface area is 114 Å². The molecular formula is C14H25N3S. The quantitative estimate of drug-likeness (QED) is 0.885. The summed E-state index contributed by atoms with van der Waals surface area (Å²) in [5.41, 5.74) is 7.64. The molecule has 0 aromatic carbocycles. The monoisotopic (exact) mass is 267 g/mol. The minimum Gasteiger partial charge on any atom is -0.323 e. The first kappa shape index (κ1) is 13.9. The molecule has 4 heteroatoms. The number of hydrogen-bond donors (Lipinski definition) is 1. The molecular weight excluding hydrogens is 242 g/mol. The van der Waals surface area contributed by atoms with Crippen LogP contribution in [0.3, 0.4) is 0 Å². The highest BCUT2D eigenvalue weighted by Crippen LogP contribution is 2.38. The van der Waals surface area contributed by atoms with Crippen LogP contribution in [0.1, 0.15) is 69.0 Å². The van der Waals surface area contributed by atoms with Gasteiger partial charge in [0.1, 0.15) is 0 Å². The lowest BCUT2D eigenvalue weighted by atomic mass is 9.76. The number of aryl methyl sites for hydroxylation is 1. The number of nitrogens with zero attached hydrogens (tertiary/aromatic N) is 2. The van der Waals surface area contributed by atoms with E-state index in [9.17, 15) is 0 Å². The Morgan fingerprint density at radius 3 is 2.94 bits per heavy atom. The average molecular weight is 267 g/mol. The zero-order chi connectivity index (χ0) is 13.0. The van der Waals surface area contributed by atoms with Gasteiger partial charge in [-0.25, -0.2) is 0 Å². The third-order valence-corrected chi connectivity index (χ3v) is 5.15. The van der Waals surface area contributed by atoms with Crippen molar-refractivity contribution in [3.8, 4) is 0 Å². The minimum absolute atomic E-state index is 0.167. The maximum absolute atomic E-state index is 6.49. The summed E-state index contributed by atoms with van der Waals surface area (Å²) in [7, 11) is 0. The highest BCUT2D eigenvalue weighted by Gasteiger charge is 2.29. The van der Waals surface area contributed by atoms with Gasteiger partial charge in [-0.2, -0.15) is 0 Å². The van der Waals surface area contributed by atoms with Gasteiger partial charge in [0.15, 0.2) is 0 Å². The molecule has 102 valence electrons. The summed E-state index contributed by atoms with van der Waals surface area (Å²) < 4.78 is 4.11. The van der Waals surface area contributed by atoms with Gasteiger partial charge in [0.05, 0.1) is 10.6 Å². The fourth-order valence-corrected chi connectivity index (χ4v) is 3.91. The molecule has 1 saturated carbocycles. The van der Waals surface area contributed by atoms with Crippen molar-refractivity contribution in [2.45, 2.75) is 64.8 Å². The third kappa shape index (κ3) is 3.09. The summed E-state index contributed by atoms with van der Waals surface area (Å²) in [5.74, 6) is 1.52. The maximum Gasteiger partial charge on any atom is 0.0803 e. The summed E-state index contributed by atoms with van der Waals surface area (Å²) in [5, 5.41) is 4.25. The van der Waals surface area contributed by atoms with Crippen LogP contribution < -0.4 is 5.73 Å². The van der Waals surface area contributed by atoms with E-state index in [0.29, 0.717) is 5.92 Å². The molecule has 1 heterocycles. The third-order valence-electron chi connectivity index (χ3n) is 4.28. The summed E-state index contributed by atoms with van der Waals surface area (Å²) in [6.45, 7) is 4.48. The van der Waals surface area contributed by atoms with Crippen LogP contribution in [0.2, 0.25) is 0 Å². The van der Waals surface area contributed by atoms with Crippen molar-refractivity contribution < 1.29 is 0 Å². The van der Waals surface area contributed by atoms with E-state index in [0.717, 1.165) is 24.5 Å². The van der Waals surface area contributed by atoms with Crippen LogP contribution in [-0.2, 0) is 6.42 Å². The van der Waals surface area contributed by atoms with Gasteiger partial charge < -0.3 is 5.73 Å². The molecule has 0 spiro atoms. The van der Waals surface area contributed by atoms with Crippen LogP contribution in [0.25, 0.3) is 0 Å². The standard InChI is InChI=1S/C14H25N3S/c1-3-6-12-14(18-17-16-12)13(15)11-8-5-7-10(4-2)9-11/h10-11,13H,3-9,15H2,1-2H3. The molecule has 18 heavy (non-hydrogen) atoms. The average Bonchev–Trinajstić information content (AvgIpc) is 2.86. The molecule has 2 rings (SSSR count). The molecule has 1 aliphatic carbocycles. The van der Waals surface area contributed by atoms with Gasteiger partial charge in [-0.1, -0.05) is 44.0 Å². The van der Waals surface area contributed by atoms with Crippen LogP contribution in [0.5, 0.6) is 0 Å². The van der Waals surface area contributed by atoms with Crippen molar-refractivity contribution in [2.24, 2.45) is 17.6 Å². The lowest BCUT2D eigenvalue weighted by molar-refractivity contribution is 0.231. The van der Waals surface area contributed by atoms with Crippen molar-refractivity contribution in [1.82, 2.24) is 9.59 Å². The smallest absolute Gasteiger partial charge is 0.0803 e. The van der Waals surface area contributed by atoms with E-state index in [4.69, 9.17) is 5.73 Å². The maximum atomic E-state index is 6.49. The molecule has 3 unspecified atom stereocenters. The number of nitrogens with two attached hydrogens (primary N) is 1. The van der Waals surface area contributed by atoms with Crippen molar-refractivity contribution in [2.75, 3.05) is 0 Å². The second kappa shape index (κ2) is 6.62. The number of rotatable bonds is 5. The first-order chi connectivity index (χ1) is 8.76. The van der Waals surface area contributed by atoms with Gasteiger partial charge in [-0.05, 0) is 42.6 Å². The number of hydrogen-bond acceptors (Lipinski definition) is 4. The van der Waals surface area contributed by atoms with E-state index in [1.807, 2.05) is 0 Å². The van der Waals surface area contributed by atoms with E-state index in [2.05, 4.69) is 23.4 Å². The van der Waals surface area contributed by atoms with E-state index in [1.54, 1.807) is 0 Å². The Bertz CT molecular complexity index is 364. The molecule has 0 saturated heterocycles. The van der Waals surface area contributed by atoms with Gasteiger partial charge in [-0.15, -0.1) is 5.10 Å². The molecule has 1 aromatic rings. The second-order valence-corrected chi connectivity index (χ2v) is 6.35. The Hall–Kier alpha value is -0.480. The molecule has 1 aliphatic rings. The van der Waals surface area contributed by atoms with Gasteiger partial charge in [-0.3, -0.25) is 0 Å². The molecule has 2 N–H and O–H groups in total. The van der Waals surface area contributed by atoms with Crippen LogP contribution >= 0.6 is 11.5 Å². The predicted octanol–water partition coefficient (Wildman–Crippen LogP) is 3.71. The Balaban J connectivity index is 2.05. The molecule has 3 nitrogen and oxygen atoms in total. The molecule has 0 radical (unpaired) electrons. The van der Waals surface area contributed by atoms with Crippen molar-refractivity contribution >= 4 is 11.5 Å². The SMILES string of the molecule is CCCc1nnsc1C(N)C1CCCC(CC)C1. The van der Waals surface area contributed by atoms with Gasteiger partial charge >= 0.3 is 0 Å². The van der Waals surface area contributed by atoms with Crippen molar-refractivity contribution in [1.29, 1.82) is 0 Å². The molecule has 3 atom stereocenters. The molecule has 0 bridgehead atoms. The van der Waals surface area contributed by atoms with E-state index >= 15 is 0 Å².